The molecule has 1 aromatic carbocycles. The molecule has 0 bridgehead atoms. The van der Waals surface area contributed by atoms with Crippen molar-refractivity contribution in [3.05, 3.63) is 46.1 Å². The summed E-state index contributed by atoms with van der Waals surface area (Å²) in [6, 6.07) is 5.87. The highest BCUT2D eigenvalue weighted by molar-refractivity contribution is 5.99. The first-order chi connectivity index (χ1) is 11.3. The van der Waals surface area contributed by atoms with Crippen molar-refractivity contribution in [2.24, 2.45) is 7.05 Å². The standard InChI is InChI=1S/C19H25N3O2/c1-12-9-13(2)19(14(3)10-12)16(23)7-6-8-18(24)20-17-11-15(4)21-22(17)5/h9-11H,6-8H2,1-5H3,(H,20,24). The van der Waals surface area contributed by atoms with Crippen LogP contribution in [0.3, 0.4) is 0 Å². The van der Waals surface area contributed by atoms with Gasteiger partial charge >= 0.3 is 0 Å². The van der Waals surface area contributed by atoms with Crippen molar-refractivity contribution in [3.8, 4) is 0 Å². The van der Waals surface area contributed by atoms with Crippen LogP contribution in [0.25, 0.3) is 0 Å². The predicted octanol–water partition coefficient (Wildman–Crippen LogP) is 3.65. The van der Waals surface area contributed by atoms with Crippen molar-refractivity contribution in [1.82, 2.24) is 9.78 Å². The van der Waals surface area contributed by atoms with E-state index in [0.29, 0.717) is 25.1 Å². The molecule has 0 spiro atoms. The molecule has 0 atom stereocenters. The van der Waals surface area contributed by atoms with Crippen LogP contribution < -0.4 is 5.32 Å². The van der Waals surface area contributed by atoms with E-state index in [0.717, 1.165) is 27.9 Å². The second-order valence-corrected chi connectivity index (χ2v) is 6.39. The SMILES string of the molecule is Cc1cc(C)c(C(=O)CCCC(=O)Nc2cc(C)nn2C)c(C)c1. The van der Waals surface area contributed by atoms with Crippen LogP contribution in [0.5, 0.6) is 0 Å². The fourth-order valence-corrected chi connectivity index (χ4v) is 3.09. The normalized spacial score (nSPS) is 10.7. The maximum atomic E-state index is 12.4. The molecule has 0 aliphatic rings. The molecule has 0 aliphatic heterocycles. The van der Waals surface area contributed by atoms with Gasteiger partial charge in [-0.1, -0.05) is 17.7 Å². The fourth-order valence-electron chi connectivity index (χ4n) is 3.09. The molecular weight excluding hydrogens is 302 g/mol. The molecule has 1 amide bonds. The third kappa shape index (κ3) is 4.31. The number of anilines is 1. The number of nitrogens with one attached hydrogen (secondary N) is 1. The van der Waals surface area contributed by atoms with Crippen LogP contribution in [-0.4, -0.2) is 21.5 Å². The summed E-state index contributed by atoms with van der Waals surface area (Å²) in [6.07, 6.45) is 1.23. The number of hydrogen-bond donors (Lipinski definition) is 1. The van der Waals surface area contributed by atoms with E-state index in [2.05, 4.69) is 10.4 Å². The highest BCUT2D eigenvalue weighted by Gasteiger charge is 2.14. The minimum absolute atomic E-state index is 0.0943. The lowest BCUT2D eigenvalue weighted by atomic mass is 9.94. The molecule has 1 aromatic heterocycles. The van der Waals surface area contributed by atoms with E-state index >= 15 is 0 Å². The summed E-state index contributed by atoms with van der Waals surface area (Å²) in [4.78, 5) is 24.5. The predicted molar refractivity (Wildman–Crippen MR) is 95.4 cm³/mol. The maximum absolute atomic E-state index is 12.4. The van der Waals surface area contributed by atoms with Gasteiger partial charge in [0.1, 0.15) is 5.82 Å². The van der Waals surface area contributed by atoms with Crippen molar-refractivity contribution in [2.75, 3.05) is 5.32 Å². The average molecular weight is 327 g/mol. The van der Waals surface area contributed by atoms with Crippen molar-refractivity contribution >= 4 is 17.5 Å². The summed E-state index contributed by atoms with van der Waals surface area (Å²) in [5.41, 5.74) is 4.82. The minimum Gasteiger partial charge on any atom is -0.311 e. The van der Waals surface area contributed by atoms with E-state index in [1.807, 2.05) is 45.9 Å². The molecule has 0 fully saturated rings. The van der Waals surface area contributed by atoms with Crippen LogP contribution in [0.4, 0.5) is 5.82 Å². The first-order valence-electron chi connectivity index (χ1n) is 8.19. The molecule has 0 saturated heterocycles. The summed E-state index contributed by atoms with van der Waals surface area (Å²) in [6.45, 7) is 7.83. The van der Waals surface area contributed by atoms with Gasteiger partial charge in [-0.3, -0.25) is 14.3 Å². The highest BCUT2D eigenvalue weighted by atomic mass is 16.1. The quantitative estimate of drug-likeness (QED) is 0.824. The van der Waals surface area contributed by atoms with Crippen molar-refractivity contribution in [2.45, 2.75) is 47.0 Å². The van der Waals surface area contributed by atoms with Gasteiger partial charge in [0.25, 0.3) is 0 Å². The Kier molecular flexibility index (Phi) is 5.54. The maximum Gasteiger partial charge on any atom is 0.225 e. The number of carbonyl (C=O) groups excluding carboxylic acids is 2. The molecule has 0 aliphatic carbocycles. The zero-order valence-electron chi connectivity index (χ0n) is 15.1. The van der Waals surface area contributed by atoms with E-state index in [9.17, 15) is 9.59 Å². The molecule has 2 aromatic rings. The van der Waals surface area contributed by atoms with E-state index < -0.39 is 0 Å². The Labute approximate surface area is 143 Å². The van der Waals surface area contributed by atoms with Gasteiger partial charge in [0, 0.05) is 31.5 Å². The Balaban J connectivity index is 1.89. The monoisotopic (exact) mass is 327 g/mol. The van der Waals surface area contributed by atoms with Gasteiger partial charge < -0.3 is 5.32 Å². The van der Waals surface area contributed by atoms with E-state index in [1.165, 1.54) is 0 Å². The molecule has 128 valence electrons. The van der Waals surface area contributed by atoms with Gasteiger partial charge in [-0.05, 0) is 45.2 Å². The molecule has 1 N–H and O–H groups in total. The van der Waals surface area contributed by atoms with Gasteiger partial charge in [-0.2, -0.15) is 5.10 Å². The third-order valence-corrected chi connectivity index (χ3v) is 4.03. The van der Waals surface area contributed by atoms with Crippen molar-refractivity contribution in [1.29, 1.82) is 0 Å². The molecule has 1 heterocycles. The molecule has 5 nitrogen and oxygen atoms in total. The summed E-state index contributed by atoms with van der Waals surface area (Å²) in [7, 11) is 1.79. The Morgan fingerprint density at radius 3 is 2.21 bits per heavy atom. The summed E-state index contributed by atoms with van der Waals surface area (Å²) < 4.78 is 1.64. The average Bonchev–Trinajstić information content (AvgIpc) is 2.75. The summed E-state index contributed by atoms with van der Waals surface area (Å²) in [5.74, 6) is 0.686. The number of Topliss-reactive ketones (excluding diaryl/α,β-unsaturated/α-hetero) is 1. The van der Waals surface area contributed by atoms with Crippen LogP contribution in [0.1, 0.15) is 52.0 Å². The lowest BCUT2D eigenvalue weighted by molar-refractivity contribution is -0.116. The number of carbonyl (C=O) groups is 2. The molecule has 5 heteroatoms. The van der Waals surface area contributed by atoms with Gasteiger partial charge in [-0.25, -0.2) is 0 Å². The van der Waals surface area contributed by atoms with Crippen LogP contribution in [0.2, 0.25) is 0 Å². The Hall–Kier alpha value is -2.43. The summed E-state index contributed by atoms with van der Waals surface area (Å²) in [5, 5.41) is 7.01. The zero-order chi connectivity index (χ0) is 17.9. The molecular formula is C19H25N3O2. The van der Waals surface area contributed by atoms with E-state index in [1.54, 1.807) is 11.7 Å². The molecule has 2 rings (SSSR count). The lowest BCUT2D eigenvalue weighted by Gasteiger charge is -2.10. The Morgan fingerprint density at radius 2 is 1.67 bits per heavy atom. The number of nitrogens with zero attached hydrogens (tertiary/aromatic N) is 2. The third-order valence-electron chi connectivity index (χ3n) is 4.03. The number of aryl methyl sites for hydroxylation is 5. The second kappa shape index (κ2) is 7.43. The van der Waals surface area contributed by atoms with Gasteiger partial charge in [-0.15, -0.1) is 0 Å². The Morgan fingerprint density at radius 1 is 1.04 bits per heavy atom. The zero-order valence-corrected chi connectivity index (χ0v) is 15.1. The summed E-state index contributed by atoms with van der Waals surface area (Å²) >= 11 is 0. The van der Waals surface area contributed by atoms with Gasteiger partial charge in [0.05, 0.1) is 5.69 Å². The largest absolute Gasteiger partial charge is 0.311 e. The van der Waals surface area contributed by atoms with E-state index in [-0.39, 0.29) is 11.7 Å². The van der Waals surface area contributed by atoms with Crippen LogP contribution in [0.15, 0.2) is 18.2 Å². The van der Waals surface area contributed by atoms with Crippen LogP contribution in [0, 0.1) is 27.7 Å². The number of ketones is 1. The molecule has 0 saturated carbocycles. The first-order valence-corrected chi connectivity index (χ1v) is 8.19. The van der Waals surface area contributed by atoms with Crippen LogP contribution >= 0.6 is 0 Å². The number of hydrogen-bond acceptors (Lipinski definition) is 3. The van der Waals surface area contributed by atoms with Crippen LogP contribution in [-0.2, 0) is 11.8 Å². The second-order valence-electron chi connectivity index (χ2n) is 6.39. The minimum atomic E-state index is -0.0943. The molecule has 0 radical (unpaired) electrons. The fraction of sp³-hybridized carbons (Fsp3) is 0.421. The van der Waals surface area contributed by atoms with Crippen molar-refractivity contribution in [3.63, 3.8) is 0 Å². The topological polar surface area (TPSA) is 64.0 Å². The molecule has 0 unspecified atom stereocenters. The van der Waals surface area contributed by atoms with Crippen molar-refractivity contribution < 1.29 is 9.59 Å². The lowest BCUT2D eigenvalue weighted by Crippen LogP contribution is -2.14. The molecule has 24 heavy (non-hydrogen) atoms. The first kappa shape index (κ1) is 17.9. The number of aromatic nitrogens is 2. The number of amides is 1. The number of rotatable bonds is 6. The highest BCUT2D eigenvalue weighted by Crippen LogP contribution is 2.19. The van der Waals surface area contributed by atoms with Gasteiger partial charge in [0.2, 0.25) is 5.91 Å². The Bertz CT molecular complexity index is 752. The smallest absolute Gasteiger partial charge is 0.225 e. The number of benzene rings is 1. The van der Waals surface area contributed by atoms with E-state index in [4.69, 9.17) is 0 Å². The van der Waals surface area contributed by atoms with Gasteiger partial charge in [0.15, 0.2) is 5.78 Å².